The SMILES string of the molecule is CCc1ccc(CN2CCc3nnc(C(NS(C)(=O)=O)C(C)C)n3CC2)o1. The van der Waals surface area contributed by atoms with Crippen LogP contribution in [0.15, 0.2) is 16.5 Å². The Bertz CT molecular complexity index is 871. The lowest BCUT2D eigenvalue weighted by Gasteiger charge is -2.22. The molecule has 0 spiro atoms. The van der Waals surface area contributed by atoms with Crippen molar-refractivity contribution in [3.63, 3.8) is 0 Å². The van der Waals surface area contributed by atoms with Gasteiger partial charge in [-0.25, -0.2) is 13.1 Å². The molecule has 27 heavy (non-hydrogen) atoms. The molecule has 0 saturated carbocycles. The van der Waals surface area contributed by atoms with Crippen LogP contribution >= 0.6 is 0 Å². The number of aromatic nitrogens is 3. The Balaban J connectivity index is 1.74. The van der Waals surface area contributed by atoms with Crippen LogP contribution in [-0.2, 0) is 36.0 Å². The summed E-state index contributed by atoms with van der Waals surface area (Å²) >= 11 is 0. The van der Waals surface area contributed by atoms with E-state index in [1.54, 1.807) is 0 Å². The topological polar surface area (TPSA) is 93.3 Å². The Morgan fingerprint density at radius 1 is 1.19 bits per heavy atom. The standard InChI is InChI=1S/C18H29N5O3S/c1-5-14-6-7-15(26-14)12-22-9-8-16-19-20-18(23(16)11-10-22)17(13(2)3)21-27(4,24)25/h6-7,13,17,21H,5,8-12H2,1-4H3. The second-order valence-corrected chi connectivity index (χ2v) is 9.27. The summed E-state index contributed by atoms with van der Waals surface area (Å²) < 4.78 is 34.2. The monoisotopic (exact) mass is 395 g/mol. The molecule has 0 aromatic carbocycles. The molecule has 9 heteroatoms. The number of fused-ring (bicyclic) bond motifs is 1. The van der Waals surface area contributed by atoms with Gasteiger partial charge in [0.1, 0.15) is 17.3 Å². The number of furan rings is 1. The molecule has 8 nitrogen and oxygen atoms in total. The first-order valence-corrected chi connectivity index (χ1v) is 11.3. The highest BCUT2D eigenvalue weighted by atomic mass is 32.2. The molecule has 1 aliphatic rings. The quantitative estimate of drug-likeness (QED) is 0.768. The normalized spacial score (nSPS) is 17.1. The largest absolute Gasteiger partial charge is 0.465 e. The van der Waals surface area contributed by atoms with Crippen molar-refractivity contribution in [1.82, 2.24) is 24.4 Å². The second-order valence-electron chi connectivity index (χ2n) is 7.49. The van der Waals surface area contributed by atoms with E-state index in [-0.39, 0.29) is 12.0 Å². The van der Waals surface area contributed by atoms with Crippen molar-refractivity contribution in [2.45, 2.75) is 52.7 Å². The lowest BCUT2D eigenvalue weighted by Crippen LogP contribution is -2.33. The molecule has 3 heterocycles. The molecule has 150 valence electrons. The molecule has 1 aliphatic heterocycles. The van der Waals surface area contributed by atoms with Gasteiger partial charge in [0.15, 0.2) is 5.82 Å². The highest BCUT2D eigenvalue weighted by Crippen LogP contribution is 2.23. The van der Waals surface area contributed by atoms with Gasteiger partial charge in [-0.3, -0.25) is 4.90 Å². The molecule has 1 unspecified atom stereocenters. The van der Waals surface area contributed by atoms with Crippen molar-refractivity contribution in [2.75, 3.05) is 19.3 Å². The molecule has 0 saturated heterocycles. The number of nitrogens with zero attached hydrogens (tertiary/aromatic N) is 4. The summed E-state index contributed by atoms with van der Waals surface area (Å²) in [5, 5.41) is 8.65. The van der Waals surface area contributed by atoms with Gasteiger partial charge in [-0.15, -0.1) is 10.2 Å². The summed E-state index contributed by atoms with van der Waals surface area (Å²) in [6.45, 7) is 9.25. The van der Waals surface area contributed by atoms with Gasteiger partial charge in [0.05, 0.1) is 18.8 Å². The zero-order chi connectivity index (χ0) is 19.6. The van der Waals surface area contributed by atoms with Crippen LogP contribution in [0.2, 0.25) is 0 Å². The summed E-state index contributed by atoms with van der Waals surface area (Å²) in [5.41, 5.74) is 0. The van der Waals surface area contributed by atoms with E-state index in [1.807, 2.05) is 26.0 Å². The molecule has 3 rings (SSSR count). The maximum absolute atomic E-state index is 11.8. The number of hydrogen-bond acceptors (Lipinski definition) is 6. The van der Waals surface area contributed by atoms with E-state index >= 15 is 0 Å². The Kier molecular flexibility index (Phi) is 6.02. The average Bonchev–Trinajstić information content (AvgIpc) is 3.15. The third-order valence-corrected chi connectivity index (χ3v) is 5.56. The number of hydrogen-bond donors (Lipinski definition) is 1. The molecule has 2 aromatic heterocycles. The van der Waals surface area contributed by atoms with E-state index in [9.17, 15) is 8.42 Å². The fourth-order valence-corrected chi connectivity index (χ4v) is 4.25. The van der Waals surface area contributed by atoms with E-state index in [0.29, 0.717) is 5.82 Å². The average molecular weight is 396 g/mol. The van der Waals surface area contributed by atoms with Crippen LogP contribution in [0.3, 0.4) is 0 Å². The zero-order valence-electron chi connectivity index (χ0n) is 16.5. The minimum atomic E-state index is -3.34. The molecule has 0 bridgehead atoms. The third kappa shape index (κ3) is 4.97. The van der Waals surface area contributed by atoms with Crippen molar-refractivity contribution in [2.24, 2.45) is 5.92 Å². The summed E-state index contributed by atoms with van der Waals surface area (Å²) in [6, 6.07) is 3.69. The fraction of sp³-hybridized carbons (Fsp3) is 0.667. The maximum atomic E-state index is 11.8. The van der Waals surface area contributed by atoms with Crippen molar-refractivity contribution in [1.29, 1.82) is 0 Å². The molecule has 0 fully saturated rings. The van der Waals surface area contributed by atoms with E-state index in [2.05, 4.69) is 31.3 Å². The van der Waals surface area contributed by atoms with E-state index < -0.39 is 10.0 Å². The summed E-state index contributed by atoms with van der Waals surface area (Å²) in [6.07, 6.45) is 2.85. The van der Waals surface area contributed by atoms with Crippen molar-refractivity contribution in [3.05, 3.63) is 35.3 Å². The van der Waals surface area contributed by atoms with Crippen molar-refractivity contribution < 1.29 is 12.8 Å². The minimum absolute atomic E-state index is 0.0722. The summed E-state index contributed by atoms with van der Waals surface area (Å²) in [7, 11) is -3.34. The second kappa shape index (κ2) is 8.12. The summed E-state index contributed by atoms with van der Waals surface area (Å²) in [4.78, 5) is 2.34. The number of rotatable bonds is 7. The van der Waals surface area contributed by atoms with Gasteiger partial charge in [-0.1, -0.05) is 20.8 Å². The Labute approximate surface area is 161 Å². The molecule has 2 aromatic rings. The smallest absolute Gasteiger partial charge is 0.209 e. The first-order valence-electron chi connectivity index (χ1n) is 9.46. The predicted octanol–water partition coefficient (Wildman–Crippen LogP) is 1.74. The van der Waals surface area contributed by atoms with Gasteiger partial charge in [0.2, 0.25) is 10.0 Å². The summed E-state index contributed by atoms with van der Waals surface area (Å²) in [5.74, 6) is 3.65. The van der Waals surface area contributed by atoms with Gasteiger partial charge in [-0.05, 0) is 18.1 Å². The zero-order valence-corrected chi connectivity index (χ0v) is 17.3. The number of sulfonamides is 1. The molecule has 1 N–H and O–H groups in total. The third-order valence-electron chi connectivity index (χ3n) is 4.88. The highest BCUT2D eigenvalue weighted by Gasteiger charge is 2.28. The molecule has 0 amide bonds. The van der Waals surface area contributed by atoms with Crippen LogP contribution in [0.25, 0.3) is 0 Å². The molecular weight excluding hydrogens is 366 g/mol. The van der Waals surface area contributed by atoms with Crippen LogP contribution in [0, 0.1) is 5.92 Å². The lowest BCUT2D eigenvalue weighted by molar-refractivity contribution is 0.244. The Morgan fingerprint density at radius 3 is 2.56 bits per heavy atom. The first kappa shape index (κ1) is 20.0. The van der Waals surface area contributed by atoms with Crippen LogP contribution in [-0.4, -0.2) is 47.4 Å². The first-order chi connectivity index (χ1) is 12.8. The van der Waals surface area contributed by atoms with E-state index in [4.69, 9.17) is 4.42 Å². The lowest BCUT2D eigenvalue weighted by atomic mass is 10.1. The Morgan fingerprint density at radius 2 is 1.93 bits per heavy atom. The van der Waals surface area contributed by atoms with Crippen LogP contribution in [0.1, 0.15) is 50.0 Å². The number of aryl methyl sites for hydroxylation is 1. The van der Waals surface area contributed by atoms with Gasteiger partial charge in [0, 0.05) is 32.5 Å². The molecule has 1 atom stereocenters. The van der Waals surface area contributed by atoms with Crippen molar-refractivity contribution in [3.8, 4) is 0 Å². The van der Waals surface area contributed by atoms with E-state index in [0.717, 1.165) is 56.4 Å². The minimum Gasteiger partial charge on any atom is -0.465 e. The van der Waals surface area contributed by atoms with Crippen molar-refractivity contribution >= 4 is 10.0 Å². The number of nitrogens with one attached hydrogen (secondary N) is 1. The van der Waals surface area contributed by atoms with E-state index in [1.165, 1.54) is 6.26 Å². The predicted molar refractivity (Wildman–Crippen MR) is 103 cm³/mol. The highest BCUT2D eigenvalue weighted by molar-refractivity contribution is 7.88. The van der Waals surface area contributed by atoms with Gasteiger partial charge < -0.3 is 8.98 Å². The van der Waals surface area contributed by atoms with Gasteiger partial charge in [-0.2, -0.15) is 0 Å². The van der Waals surface area contributed by atoms with Gasteiger partial charge >= 0.3 is 0 Å². The van der Waals surface area contributed by atoms with Gasteiger partial charge in [0.25, 0.3) is 0 Å². The molecular formula is C18H29N5O3S. The fourth-order valence-electron chi connectivity index (χ4n) is 3.41. The van der Waals surface area contributed by atoms with Crippen LogP contribution < -0.4 is 4.72 Å². The van der Waals surface area contributed by atoms with Crippen LogP contribution in [0.5, 0.6) is 0 Å². The Hall–Kier alpha value is -1.71. The molecule has 0 aliphatic carbocycles. The maximum Gasteiger partial charge on any atom is 0.209 e. The molecule has 0 radical (unpaired) electrons. The van der Waals surface area contributed by atoms with Crippen LogP contribution in [0.4, 0.5) is 0 Å².